The van der Waals surface area contributed by atoms with E-state index in [0.29, 0.717) is 35.9 Å². The molecule has 0 aromatic heterocycles. The van der Waals surface area contributed by atoms with Gasteiger partial charge in [0, 0.05) is 25.3 Å². The van der Waals surface area contributed by atoms with E-state index in [2.05, 4.69) is 11.8 Å². The minimum absolute atomic E-state index is 0.0642. The van der Waals surface area contributed by atoms with Crippen LogP contribution in [0.3, 0.4) is 0 Å². The predicted octanol–water partition coefficient (Wildman–Crippen LogP) is 2.39. The van der Waals surface area contributed by atoms with Crippen LogP contribution < -0.4 is 0 Å². The third-order valence-electron chi connectivity index (χ3n) is 6.39. The first-order chi connectivity index (χ1) is 9.13. The summed E-state index contributed by atoms with van der Waals surface area (Å²) in [5.41, 5.74) is -0.0642. The summed E-state index contributed by atoms with van der Waals surface area (Å²) in [6.45, 7) is 3.22. The van der Waals surface area contributed by atoms with Crippen LogP contribution in [0.15, 0.2) is 0 Å². The lowest BCUT2D eigenvalue weighted by Gasteiger charge is -2.65. The summed E-state index contributed by atoms with van der Waals surface area (Å²) in [7, 11) is 0. The number of piperidine rings is 2. The molecule has 1 amide bonds. The third-order valence-corrected chi connectivity index (χ3v) is 6.39. The molecule has 19 heavy (non-hydrogen) atoms. The quantitative estimate of drug-likeness (QED) is 0.671. The fraction of sp³-hybridized carbons (Fsp3) is 0.875. The second-order valence-corrected chi connectivity index (χ2v) is 7.35. The van der Waals surface area contributed by atoms with Crippen LogP contribution in [0.2, 0.25) is 0 Å². The zero-order valence-corrected chi connectivity index (χ0v) is 11.7. The summed E-state index contributed by atoms with van der Waals surface area (Å²) >= 11 is 0. The van der Waals surface area contributed by atoms with E-state index in [1.54, 1.807) is 0 Å². The van der Waals surface area contributed by atoms with Gasteiger partial charge in [0.25, 0.3) is 0 Å². The van der Waals surface area contributed by atoms with Gasteiger partial charge in [0.05, 0.1) is 5.54 Å². The molecule has 4 fully saturated rings. The monoisotopic (exact) mass is 261 g/mol. The lowest BCUT2D eigenvalue weighted by atomic mass is 9.48. The minimum atomic E-state index is -0.0642. The molecular formula is C16H23NO2. The van der Waals surface area contributed by atoms with E-state index in [4.69, 9.17) is 0 Å². The average Bonchev–Trinajstić information content (AvgIpc) is 2.35. The Bertz CT molecular complexity index is 442. The van der Waals surface area contributed by atoms with Crippen LogP contribution in [0.1, 0.15) is 51.9 Å². The van der Waals surface area contributed by atoms with Crippen molar-refractivity contribution < 1.29 is 9.59 Å². The van der Waals surface area contributed by atoms with E-state index in [9.17, 15) is 9.59 Å². The SMILES string of the molecule is C[C@@H]1C[C@H]2CC(=O)[C@H]3CCC(=O)N4CCC[C@H]2[C@]34C1. The van der Waals surface area contributed by atoms with Gasteiger partial charge in [-0.15, -0.1) is 0 Å². The Hall–Kier alpha value is -0.860. The summed E-state index contributed by atoms with van der Waals surface area (Å²) in [6.07, 6.45) is 6.88. The topological polar surface area (TPSA) is 37.4 Å². The second-order valence-electron chi connectivity index (χ2n) is 7.35. The van der Waals surface area contributed by atoms with Gasteiger partial charge in [-0.05, 0) is 49.9 Å². The Labute approximate surface area is 114 Å². The molecule has 3 heteroatoms. The lowest BCUT2D eigenvalue weighted by molar-refractivity contribution is -0.183. The molecule has 2 heterocycles. The highest BCUT2D eigenvalue weighted by molar-refractivity contribution is 5.88. The fourth-order valence-corrected chi connectivity index (χ4v) is 6.02. The molecule has 2 bridgehead atoms. The number of Topliss-reactive ketones (excluding diaryl/α,β-unsaturated/α-hetero) is 1. The van der Waals surface area contributed by atoms with Gasteiger partial charge >= 0.3 is 0 Å². The molecule has 2 saturated carbocycles. The third kappa shape index (κ3) is 1.39. The Balaban J connectivity index is 1.86. The molecule has 0 radical (unpaired) electrons. The Morgan fingerprint density at radius 2 is 2.11 bits per heavy atom. The van der Waals surface area contributed by atoms with Crippen LogP contribution in [0.4, 0.5) is 0 Å². The van der Waals surface area contributed by atoms with Crippen LogP contribution in [0.25, 0.3) is 0 Å². The second kappa shape index (κ2) is 3.83. The van der Waals surface area contributed by atoms with Crippen molar-refractivity contribution in [3.8, 4) is 0 Å². The van der Waals surface area contributed by atoms with Crippen LogP contribution in [-0.2, 0) is 9.59 Å². The first-order valence-electron chi connectivity index (χ1n) is 7.96. The Kier molecular flexibility index (Phi) is 2.40. The van der Waals surface area contributed by atoms with E-state index < -0.39 is 0 Å². The van der Waals surface area contributed by atoms with Gasteiger partial charge in [0.15, 0.2) is 0 Å². The summed E-state index contributed by atoms with van der Waals surface area (Å²) in [5.74, 6) is 2.79. The summed E-state index contributed by atoms with van der Waals surface area (Å²) in [4.78, 5) is 27.1. The van der Waals surface area contributed by atoms with Gasteiger partial charge in [0.1, 0.15) is 5.78 Å². The molecular weight excluding hydrogens is 238 g/mol. The number of carbonyl (C=O) groups is 2. The first kappa shape index (κ1) is 11.9. The van der Waals surface area contributed by atoms with Crippen LogP contribution >= 0.6 is 0 Å². The number of nitrogens with zero attached hydrogens (tertiary/aromatic N) is 1. The summed E-state index contributed by atoms with van der Waals surface area (Å²) in [6, 6.07) is 0. The molecule has 4 aliphatic rings. The van der Waals surface area contributed by atoms with E-state index >= 15 is 0 Å². The maximum Gasteiger partial charge on any atom is 0.223 e. The van der Waals surface area contributed by atoms with Gasteiger partial charge in [-0.3, -0.25) is 9.59 Å². The lowest BCUT2D eigenvalue weighted by Crippen LogP contribution is -2.72. The molecule has 0 aromatic rings. The van der Waals surface area contributed by atoms with Crippen molar-refractivity contribution in [3.63, 3.8) is 0 Å². The highest BCUT2D eigenvalue weighted by Crippen LogP contribution is 2.59. The molecule has 0 N–H and O–H groups in total. The highest BCUT2D eigenvalue weighted by atomic mass is 16.2. The standard InChI is InChI=1S/C16H23NO2/c1-10-7-11-8-14(18)13-4-5-15(19)17-6-2-3-12(11)16(13,17)9-10/h10-13H,2-9H2,1H3/t10-,11+,12-,13-,16-/m1/s1. The van der Waals surface area contributed by atoms with Crippen molar-refractivity contribution in [2.75, 3.05) is 6.54 Å². The van der Waals surface area contributed by atoms with E-state index in [0.717, 1.165) is 32.2 Å². The van der Waals surface area contributed by atoms with Crippen molar-refractivity contribution in [1.29, 1.82) is 0 Å². The number of carbonyl (C=O) groups excluding carboxylic acids is 2. The van der Waals surface area contributed by atoms with Gasteiger partial charge in [0.2, 0.25) is 5.91 Å². The van der Waals surface area contributed by atoms with E-state index in [-0.39, 0.29) is 11.5 Å². The summed E-state index contributed by atoms with van der Waals surface area (Å²) in [5, 5.41) is 0. The van der Waals surface area contributed by atoms with Gasteiger partial charge in [-0.25, -0.2) is 0 Å². The number of ketones is 1. The van der Waals surface area contributed by atoms with E-state index in [1.165, 1.54) is 12.8 Å². The molecule has 4 rings (SSSR count). The Morgan fingerprint density at radius 3 is 2.95 bits per heavy atom. The van der Waals surface area contributed by atoms with Crippen molar-refractivity contribution in [3.05, 3.63) is 0 Å². The van der Waals surface area contributed by atoms with Crippen molar-refractivity contribution in [2.45, 2.75) is 57.4 Å². The minimum Gasteiger partial charge on any atom is -0.336 e. The number of hydrogen-bond donors (Lipinski definition) is 0. The molecule has 2 aliphatic carbocycles. The van der Waals surface area contributed by atoms with Crippen molar-refractivity contribution in [2.24, 2.45) is 23.7 Å². The average molecular weight is 261 g/mol. The van der Waals surface area contributed by atoms with Gasteiger partial charge < -0.3 is 4.90 Å². The normalized spacial score (nSPS) is 49.0. The smallest absolute Gasteiger partial charge is 0.223 e. The summed E-state index contributed by atoms with van der Waals surface area (Å²) < 4.78 is 0. The van der Waals surface area contributed by atoms with E-state index in [1.807, 2.05) is 0 Å². The van der Waals surface area contributed by atoms with Crippen LogP contribution in [-0.4, -0.2) is 28.7 Å². The maximum absolute atomic E-state index is 12.5. The molecule has 5 atom stereocenters. The zero-order valence-electron chi connectivity index (χ0n) is 11.7. The predicted molar refractivity (Wildman–Crippen MR) is 71.4 cm³/mol. The molecule has 1 spiro atoms. The maximum atomic E-state index is 12.5. The largest absolute Gasteiger partial charge is 0.336 e. The number of amides is 1. The van der Waals surface area contributed by atoms with Crippen LogP contribution in [0, 0.1) is 23.7 Å². The molecule has 3 nitrogen and oxygen atoms in total. The van der Waals surface area contributed by atoms with Gasteiger partial charge in [-0.2, -0.15) is 0 Å². The fourth-order valence-electron chi connectivity index (χ4n) is 6.02. The van der Waals surface area contributed by atoms with Crippen molar-refractivity contribution >= 4 is 11.7 Å². The molecule has 0 unspecified atom stereocenters. The molecule has 0 aromatic carbocycles. The highest BCUT2D eigenvalue weighted by Gasteiger charge is 2.63. The first-order valence-corrected chi connectivity index (χ1v) is 7.96. The van der Waals surface area contributed by atoms with Gasteiger partial charge in [-0.1, -0.05) is 6.92 Å². The van der Waals surface area contributed by atoms with Crippen LogP contribution in [0.5, 0.6) is 0 Å². The molecule has 104 valence electrons. The zero-order chi connectivity index (χ0) is 13.2. The number of hydrogen-bond acceptors (Lipinski definition) is 2. The Morgan fingerprint density at radius 1 is 1.26 bits per heavy atom. The molecule has 2 aliphatic heterocycles. The molecule has 2 saturated heterocycles. The van der Waals surface area contributed by atoms with Crippen molar-refractivity contribution in [1.82, 2.24) is 4.90 Å². The number of rotatable bonds is 0.